The van der Waals surface area contributed by atoms with Crippen LogP contribution >= 0.6 is 0 Å². The molecule has 1 saturated heterocycles. The van der Waals surface area contributed by atoms with Crippen LogP contribution in [0.5, 0.6) is 5.88 Å². The van der Waals surface area contributed by atoms with Gasteiger partial charge < -0.3 is 19.5 Å². The fraction of sp³-hybridized carbons (Fsp3) is 0.455. The minimum atomic E-state index is -4.44. The average Bonchev–Trinajstić information content (AvgIpc) is 2.77. The van der Waals surface area contributed by atoms with Crippen molar-refractivity contribution in [2.45, 2.75) is 18.7 Å². The van der Waals surface area contributed by atoms with E-state index in [4.69, 9.17) is 4.74 Å². The van der Waals surface area contributed by atoms with Crippen LogP contribution in [0.2, 0.25) is 0 Å². The van der Waals surface area contributed by atoms with E-state index in [2.05, 4.69) is 4.98 Å². The Balaban J connectivity index is 1.96. The second kappa shape index (κ2) is 4.94. The van der Waals surface area contributed by atoms with Gasteiger partial charge in [-0.15, -0.1) is 0 Å². The number of carbonyl (C=O) groups is 1. The molecule has 1 atom stereocenters. The highest BCUT2D eigenvalue weighted by atomic mass is 19.4. The average molecular weight is 275 g/mol. The number of alkyl halides is 3. The Hall–Kier alpha value is -1.99. The van der Waals surface area contributed by atoms with E-state index in [1.54, 1.807) is 0 Å². The van der Waals surface area contributed by atoms with Crippen LogP contribution in [0.15, 0.2) is 18.3 Å². The van der Waals surface area contributed by atoms with Gasteiger partial charge in [-0.1, -0.05) is 0 Å². The molecule has 19 heavy (non-hydrogen) atoms. The van der Waals surface area contributed by atoms with Crippen LogP contribution in [0.4, 0.5) is 18.0 Å². The first-order valence-electron chi connectivity index (χ1n) is 5.52. The number of pyridine rings is 1. The molecule has 1 amide bonds. The zero-order chi connectivity index (χ0) is 14.0. The van der Waals surface area contributed by atoms with E-state index in [0.29, 0.717) is 12.6 Å². The number of likely N-dealkylation sites (tertiary alicyclic amines) is 1. The van der Waals surface area contributed by atoms with Crippen LogP contribution in [0.25, 0.3) is 0 Å². The van der Waals surface area contributed by atoms with Crippen molar-refractivity contribution in [3.05, 3.63) is 23.9 Å². The van der Waals surface area contributed by atoms with Crippen LogP contribution in [0.3, 0.4) is 0 Å². The fourth-order valence-corrected chi connectivity index (χ4v) is 1.78. The third-order valence-electron chi connectivity index (χ3n) is 2.75. The van der Waals surface area contributed by atoms with E-state index >= 15 is 0 Å². The van der Waals surface area contributed by atoms with Crippen molar-refractivity contribution in [3.8, 4) is 5.88 Å². The Bertz CT molecular complexity index is 461. The molecule has 0 saturated carbocycles. The van der Waals surface area contributed by atoms with Crippen LogP contribution in [-0.2, 0) is 6.18 Å². The Morgan fingerprint density at radius 2 is 2.21 bits per heavy atom. The Kier molecular flexibility index (Phi) is 3.50. The van der Waals surface area contributed by atoms with Crippen LogP contribution in [0.1, 0.15) is 12.0 Å². The summed E-state index contributed by atoms with van der Waals surface area (Å²) in [7, 11) is 0. The molecule has 1 aliphatic heterocycles. The lowest BCUT2D eigenvalue weighted by Crippen LogP contribution is -2.40. The number of amides is 1. The van der Waals surface area contributed by atoms with Gasteiger partial charge in [-0.3, -0.25) is 0 Å². The summed E-state index contributed by atoms with van der Waals surface area (Å²) in [4.78, 5) is 15.2. The molecule has 0 bridgehead atoms. The lowest BCUT2D eigenvalue weighted by molar-refractivity contribution is -0.264. The highest BCUT2D eigenvalue weighted by Gasteiger charge is 2.31. The smallest absolute Gasteiger partial charge is 0.417 e. The molecule has 0 aromatic carbocycles. The fourth-order valence-electron chi connectivity index (χ4n) is 1.78. The minimum absolute atomic E-state index is 0.0400. The number of nitrogens with zero attached hydrogens (tertiary/aromatic N) is 2. The predicted molar refractivity (Wildman–Crippen MR) is 55.2 cm³/mol. The highest BCUT2D eigenvalue weighted by molar-refractivity contribution is 5.62. The monoisotopic (exact) mass is 275 g/mol. The van der Waals surface area contributed by atoms with Gasteiger partial charge in [0.25, 0.3) is 0 Å². The maximum absolute atomic E-state index is 12.3. The second-order valence-corrected chi connectivity index (χ2v) is 4.12. The van der Waals surface area contributed by atoms with E-state index in [9.17, 15) is 23.1 Å². The van der Waals surface area contributed by atoms with E-state index in [0.717, 1.165) is 17.0 Å². The molecule has 1 aliphatic rings. The molecule has 2 heterocycles. The summed E-state index contributed by atoms with van der Waals surface area (Å²) < 4.78 is 42.2. The SMILES string of the molecule is O=C([O-])N1CCC(Oc2ccc(C(F)(F)F)cn2)C1. The molecule has 8 heteroatoms. The number of hydrogen-bond donors (Lipinski definition) is 0. The van der Waals surface area contributed by atoms with Gasteiger partial charge in [-0.2, -0.15) is 13.2 Å². The van der Waals surface area contributed by atoms with Gasteiger partial charge in [-0.25, -0.2) is 4.98 Å². The highest BCUT2D eigenvalue weighted by Crippen LogP contribution is 2.29. The molecule has 0 radical (unpaired) electrons. The van der Waals surface area contributed by atoms with Crippen LogP contribution in [0, 0.1) is 0 Å². The molecule has 1 unspecified atom stereocenters. The van der Waals surface area contributed by atoms with Crippen molar-refractivity contribution in [3.63, 3.8) is 0 Å². The van der Waals surface area contributed by atoms with Gasteiger partial charge in [0.1, 0.15) is 12.2 Å². The van der Waals surface area contributed by atoms with E-state index in [1.165, 1.54) is 0 Å². The molecule has 1 fully saturated rings. The summed E-state index contributed by atoms with van der Waals surface area (Å²) in [5.74, 6) is 0.0400. The van der Waals surface area contributed by atoms with Crippen molar-refractivity contribution in [1.82, 2.24) is 9.88 Å². The van der Waals surface area contributed by atoms with Gasteiger partial charge in [0, 0.05) is 25.2 Å². The summed E-state index contributed by atoms with van der Waals surface area (Å²) in [6.45, 7) is 0.415. The normalized spacial score (nSPS) is 19.5. The van der Waals surface area contributed by atoms with Crippen LogP contribution in [-0.4, -0.2) is 35.2 Å². The number of carbonyl (C=O) groups excluding carboxylic acids is 1. The molecule has 5 nitrogen and oxygen atoms in total. The number of hydrogen-bond acceptors (Lipinski definition) is 4. The molecule has 0 N–H and O–H groups in total. The first-order valence-corrected chi connectivity index (χ1v) is 5.52. The number of halogens is 3. The summed E-state index contributed by atoms with van der Waals surface area (Å²) in [6.07, 6.45) is -5.00. The van der Waals surface area contributed by atoms with Gasteiger partial charge >= 0.3 is 6.18 Å². The van der Waals surface area contributed by atoms with Crippen molar-refractivity contribution in [2.24, 2.45) is 0 Å². The van der Waals surface area contributed by atoms with Gasteiger partial charge in [0.05, 0.1) is 12.1 Å². The van der Waals surface area contributed by atoms with Crippen molar-refractivity contribution in [1.29, 1.82) is 0 Å². The molecule has 0 spiro atoms. The van der Waals surface area contributed by atoms with Crippen molar-refractivity contribution < 1.29 is 27.8 Å². The minimum Gasteiger partial charge on any atom is -0.530 e. The van der Waals surface area contributed by atoms with E-state index in [1.807, 2.05) is 0 Å². The summed E-state index contributed by atoms with van der Waals surface area (Å²) >= 11 is 0. The number of carboxylic acid groups (broad SMARTS) is 1. The number of ether oxygens (including phenoxy) is 1. The largest absolute Gasteiger partial charge is 0.530 e. The molecule has 0 aliphatic carbocycles. The zero-order valence-electron chi connectivity index (χ0n) is 9.68. The molecular formula is C11H10F3N2O3-. The Morgan fingerprint density at radius 1 is 1.47 bits per heavy atom. The van der Waals surface area contributed by atoms with E-state index < -0.39 is 23.9 Å². The van der Waals surface area contributed by atoms with Crippen LogP contribution < -0.4 is 9.84 Å². The lowest BCUT2D eigenvalue weighted by Gasteiger charge is -2.18. The molecule has 1 aromatic rings. The molecule has 104 valence electrons. The van der Waals surface area contributed by atoms with Crippen molar-refractivity contribution >= 4 is 6.09 Å². The van der Waals surface area contributed by atoms with Crippen molar-refractivity contribution in [2.75, 3.05) is 13.1 Å². The molecule has 1 aromatic heterocycles. The quantitative estimate of drug-likeness (QED) is 0.804. The third-order valence-corrected chi connectivity index (χ3v) is 2.75. The summed E-state index contributed by atoms with van der Waals surface area (Å²) in [5.41, 5.74) is -0.859. The maximum Gasteiger partial charge on any atom is 0.417 e. The molecular weight excluding hydrogens is 265 g/mol. The standard InChI is InChI=1S/C11H11F3N2O3/c12-11(13,14)7-1-2-9(15-5-7)19-8-3-4-16(6-8)10(17)18/h1-2,5,8H,3-4,6H2,(H,17,18)/p-1. The van der Waals surface area contributed by atoms with Gasteiger partial charge in [0.15, 0.2) is 0 Å². The first kappa shape index (κ1) is 13.4. The first-order chi connectivity index (χ1) is 8.86. The number of rotatable bonds is 2. The van der Waals surface area contributed by atoms with E-state index in [-0.39, 0.29) is 19.0 Å². The lowest BCUT2D eigenvalue weighted by atomic mass is 10.3. The summed E-state index contributed by atoms with van der Waals surface area (Å²) in [5, 5.41) is 10.6. The van der Waals surface area contributed by atoms with Gasteiger partial charge in [0.2, 0.25) is 5.88 Å². The third kappa shape index (κ3) is 3.27. The predicted octanol–water partition coefficient (Wildman–Crippen LogP) is 0.897. The second-order valence-electron chi connectivity index (χ2n) is 4.12. The topological polar surface area (TPSA) is 65.5 Å². The Morgan fingerprint density at radius 3 is 2.68 bits per heavy atom. The molecule has 2 rings (SSSR count). The number of aromatic nitrogens is 1. The van der Waals surface area contributed by atoms with Gasteiger partial charge in [-0.05, 0) is 6.07 Å². The summed E-state index contributed by atoms with van der Waals surface area (Å²) in [6, 6.07) is 1.98. The Labute approximate surface area is 106 Å². The zero-order valence-corrected chi connectivity index (χ0v) is 9.68. The maximum atomic E-state index is 12.3.